The SMILES string of the molecule is CCOC1CCC2C1(C)CCC1c3ccc(C)cc3CCC12N. The lowest BCUT2D eigenvalue weighted by Gasteiger charge is -2.56. The molecule has 3 aliphatic carbocycles. The van der Waals surface area contributed by atoms with Gasteiger partial charge in [0.25, 0.3) is 0 Å². The highest BCUT2D eigenvalue weighted by atomic mass is 16.5. The molecule has 0 amide bonds. The smallest absolute Gasteiger partial charge is 0.0632 e. The summed E-state index contributed by atoms with van der Waals surface area (Å²) in [6.45, 7) is 7.61. The second-order valence-corrected chi connectivity index (χ2v) is 8.49. The summed E-state index contributed by atoms with van der Waals surface area (Å²) in [5.74, 6) is 1.16. The number of hydrogen-bond donors (Lipinski definition) is 1. The van der Waals surface area contributed by atoms with Gasteiger partial charge in [-0.3, -0.25) is 0 Å². The molecule has 1 aromatic carbocycles. The minimum atomic E-state index is -0.0267. The molecule has 0 spiro atoms. The number of rotatable bonds is 2. The van der Waals surface area contributed by atoms with Crippen molar-refractivity contribution in [1.29, 1.82) is 0 Å². The fourth-order valence-corrected chi connectivity index (χ4v) is 6.30. The Morgan fingerprint density at radius 1 is 1.22 bits per heavy atom. The number of fused-ring (bicyclic) bond motifs is 5. The molecule has 2 nitrogen and oxygen atoms in total. The molecule has 1 aromatic rings. The zero-order valence-corrected chi connectivity index (χ0v) is 14.9. The minimum absolute atomic E-state index is 0.0267. The standard InChI is InChI=1S/C21H31NO/c1-4-23-19-8-7-18-20(19,3)11-10-17-16-6-5-14(2)13-15(16)9-12-21(17,18)22/h5-6,13,17-19H,4,7-12,22H2,1-3H3. The zero-order valence-electron chi connectivity index (χ0n) is 14.9. The Morgan fingerprint density at radius 3 is 2.83 bits per heavy atom. The van der Waals surface area contributed by atoms with Crippen molar-refractivity contribution in [1.82, 2.24) is 0 Å². The Balaban J connectivity index is 1.71. The van der Waals surface area contributed by atoms with Crippen LogP contribution in [-0.4, -0.2) is 18.2 Å². The first-order valence-corrected chi connectivity index (χ1v) is 9.49. The van der Waals surface area contributed by atoms with Crippen LogP contribution in [0.25, 0.3) is 0 Å². The summed E-state index contributed by atoms with van der Waals surface area (Å²) >= 11 is 0. The summed E-state index contributed by atoms with van der Waals surface area (Å²) in [6, 6.07) is 7.03. The molecule has 5 unspecified atom stereocenters. The van der Waals surface area contributed by atoms with E-state index >= 15 is 0 Å². The van der Waals surface area contributed by atoms with Gasteiger partial charge in [-0.15, -0.1) is 0 Å². The number of ether oxygens (including phenoxy) is 1. The molecule has 4 rings (SSSR count). The maximum atomic E-state index is 7.19. The van der Waals surface area contributed by atoms with Crippen molar-refractivity contribution in [3.8, 4) is 0 Å². The highest BCUT2D eigenvalue weighted by Crippen LogP contribution is 2.62. The van der Waals surface area contributed by atoms with E-state index in [1.165, 1.54) is 31.2 Å². The van der Waals surface area contributed by atoms with Crippen molar-refractivity contribution in [3.05, 3.63) is 34.9 Å². The summed E-state index contributed by atoms with van der Waals surface area (Å²) in [5.41, 5.74) is 11.9. The molecular formula is C21H31NO. The van der Waals surface area contributed by atoms with Crippen LogP contribution < -0.4 is 5.73 Å². The predicted molar refractivity (Wildman–Crippen MR) is 94.6 cm³/mol. The summed E-state index contributed by atoms with van der Waals surface area (Å²) < 4.78 is 6.13. The molecule has 0 saturated heterocycles. The second-order valence-electron chi connectivity index (χ2n) is 8.49. The van der Waals surface area contributed by atoms with Gasteiger partial charge < -0.3 is 10.5 Å². The summed E-state index contributed by atoms with van der Waals surface area (Å²) in [4.78, 5) is 0. The highest BCUT2D eigenvalue weighted by Gasteiger charge is 2.60. The van der Waals surface area contributed by atoms with E-state index in [-0.39, 0.29) is 11.0 Å². The van der Waals surface area contributed by atoms with E-state index in [2.05, 4.69) is 39.0 Å². The van der Waals surface area contributed by atoms with Crippen LogP contribution in [0.2, 0.25) is 0 Å². The van der Waals surface area contributed by atoms with Crippen molar-refractivity contribution >= 4 is 0 Å². The van der Waals surface area contributed by atoms with Crippen molar-refractivity contribution in [2.24, 2.45) is 17.1 Å². The fourth-order valence-electron chi connectivity index (χ4n) is 6.30. The highest BCUT2D eigenvalue weighted by molar-refractivity contribution is 5.41. The normalized spacial score (nSPS) is 42.0. The molecule has 0 bridgehead atoms. The first-order valence-electron chi connectivity index (χ1n) is 9.49. The van der Waals surface area contributed by atoms with Gasteiger partial charge in [-0.05, 0) is 74.8 Å². The fraction of sp³-hybridized carbons (Fsp3) is 0.714. The first-order chi connectivity index (χ1) is 11.0. The third-order valence-electron chi connectivity index (χ3n) is 7.39. The minimum Gasteiger partial charge on any atom is -0.378 e. The summed E-state index contributed by atoms with van der Waals surface area (Å²) in [6.07, 6.45) is 7.64. The van der Waals surface area contributed by atoms with E-state index in [4.69, 9.17) is 10.5 Å². The topological polar surface area (TPSA) is 35.2 Å². The average molecular weight is 313 g/mol. The first kappa shape index (κ1) is 15.7. The number of hydrogen-bond acceptors (Lipinski definition) is 2. The third-order valence-corrected chi connectivity index (χ3v) is 7.39. The maximum absolute atomic E-state index is 7.19. The molecular weight excluding hydrogens is 282 g/mol. The summed E-state index contributed by atoms with van der Waals surface area (Å²) in [5, 5.41) is 0. The maximum Gasteiger partial charge on any atom is 0.0632 e. The van der Waals surface area contributed by atoms with Gasteiger partial charge >= 0.3 is 0 Å². The Morgan fingerprint density at radius 2 is 2.04 bits per heavy atom. The quantitative estimate of drug-likeness (QED) is 0.881. The van der Waals surface area contributed by atoms with Crippen LogP contribution >= 0.6 is 0 Å². The molecule has 2 heteroatoms. The van der Waals surface area contributed by atoms with Crippen molar-refractivity contribution in [2.75, 3.05) is 6.61 Å². The molecule has 126 valence electrons. The van der Waals surface area contributed by atoms with Gasteiger partial charge in [-0.2, -0.15) is 0 Å². The van der Waals surface area contributed by atoms with Crippen LogP contribution in [0, 0.1) is 18.3 Å². The van der Waals surface area contributed by atoms with E-state index in [1.54, 1.807) is 11.1 Å². The molecule has 2 fully saturated rings. The average Bonchev–Trinajstić information content (AvgIpc) is 2.85. The van der Waals surface area contributed by atoms with Gasteiger partial charge in [0.05, 0.1) is 6.10 Å². The van der Waals surface area contributed by atoms with Crippen LogP contribution in [0.1, 0.15) is 68.6 Å². The van der Waals surface area contributed by atoms with Crippen molar-refractivity contribution in [3.63, 3.8) is 0 Å². The van der Waals surface area contributed by atoms with Crippen LogP contribution in [0.15, 0.2) is 18.2 Å². The van der Waals surface area contributed by atoms with Gasteiger partial charge in [0, 0.05) is 18.1 Å². The van der Waals surface area contributed by atoms with Gasteiger partial charge in [-0.1, -0.05) is 30.7 Å². The van der Waals surface area contributed by atoms with E-state index in [0.29, 0.717) is 17.9 Å². The Bertz CT molecular complexity index is 612. The van der Waals surface area contributed by atoms with Crippen LogP contribution in [-0.2, 0) is 11.2 Å². The van der Waals surface area contributed by atoms with Gasteiger partial charge in [-0.25, -0.2) is 0 Å². The number of nitrogens with two attached hydrogens (primary N) is 1. The van der Waals surface area contributed by atoms with Crippen molar-refractivity contribution < 1.29 is 4.74 Å². The molecule has 2 N–H and O–H groups in total. The van der Waals surface area contributed by atoms with Gasteiger partial charge in [0.15, 0.2) is 0 Å². The molecule has 23 heavy (non-hydrogen) atoms. The van der Waals surface area contributed by atoms with Gasteiger partial charge in [0.2, 0.25) is 0 Å². The number of aryl methyl sites for hydroxylation is 2. The van der Waals surface area contributed by atoms with Crippen LogP contribution in [0.3, 0.4) is 0 Å². The Labute approximate surface area is 140 Å². The lowest BCUT2D eigenvalue weighted by atomic mass is 9.51. The third kappa shape index (κ3) is 2.14. The van der Waals surface area contributed by atoms with E-state index < -0.39 is 0 Å². The molecule has 0 heterocycles. The Hall–Kier alpha value is -0.860. The molecule has 0 aliphatic heterocycles. The molecule has 2 saturated carbocycles. The lowest BCUT2D eigenvalue weighted by molar-refractivity contribution is -0.0677. The van der Waals surface area contributed by atoms with Crippen LogP contribution in [0.5, 0.6) is 0 Å². The second kappa shape index (κ2) is 5.32. The lowest BCUT2D eigenvalue weighted by Crippen LogP contribution is -2.61. The molecule has 0 radical (unpaired) electrons. The van der Waals surface area contributed by atoms with Crippen LogP contribution in [0.4, 0.5) is 0 Å². The predicted octanol–water partition coefficient (Wildman–Crippen LogP) is 4.34. The molecule has 0 aromatic heterocycles. The largest absolute Gasteiger partial charge is 0.378 e. The molecule has 5 atom stereocenters. The van der Waals surface area contributed by atoms with E-state index in [1.807, 2.05) is 0 Å². The monoisotopic (exact) mass is 313 g/mol. The van der Waals surface area contributed by atoms with E-state index in [0.717, 1.165) is 19.4 Å². The van der Waals surface area contributed by atoms with Crippen molar-refractivity contribution in [2.45, 2.75) is 76.9 Å². The Kier molecular flexibility index (Phi) is 3.62. The number of benzene rings is 1. The molecule has 3 aliphatic rings. The van der Waals surface area contributed by atoms with Gasteiger partial charge in [0.1, 0.15) is 0 Å². The zero-order chi connectivity index (χ0) is 16.2. The summed E-state index contributed by atoms with van der Waals surface area (Å²) in [7, 11) is 0. The van der Waals surface area contributed by atoms with E-state index in [9.17, 15) is 0 Å².